The normalized spacial score (nSPS) is 11.0. The largest absolute Gasteiger partial charge is 0.507 e. The molecule has 3 aromatic carbocycles. The first kappa shape index (κ1) is 23.0. The number of benzene rings is 3. The summed E-state index contributed by atoms with van der Waals surface area (Å²) in [6.45, 7) is 1.59. The van der Waals surface area contributed by atoms with E-state index in [-0.39, 0.29) is 32.5 Å². The Bertz CT molecular complexity index is 1300. The van der Waals surface area contributed by atoms with E-state index >= 15 is 0 Å². The van der Waals surface area contributed by atoms with Crippen molar-refractivity contribution < 1.29 is 27.5 Å². The Labute approximate surface area is 188 Å². The van der Waals surface area contributed by atoms with Gasteiger partial charge in [-0.25, -0.2) is 12.8 Å². The summed E-state index contributed by atoms with van der Waals surface area (Å²) in [4.78, 5) is 24.6. The van der Waals surface area contributed by atoms with Crippen LogP contribution in [-0.4, -0.2) is 25.3 Å². The van der Waals surface area contributed by atoms with E-state index in [4.69, 9.17) is 11.6 Å². The van der Waals surface area contributed by atoms with Gasteiger partial charge >= 0.3 is 0 Å². The fourth-order valence-electron chi connectivity index (χ4n) is 2.68. The Morgan fingerprint density at radius 2 is 1.53 bits per heavy atom. The van der Waals surface area contributed by atoms with Crippen LogP contribution < -0.4 is 15.6 Å². The number of halogens is 2. The molecule has 0 atom stereocenters. The third kappa shape index (κ3) is 5.34. The van der Waals surface area contributed by atoms with Crippen molar-refractivity contribution in [2.45, 2.75) is 11.8 Å². The maximum atomic E-state index is 13.0. The fourth-order valence-corrected chi connectivity index (χ4v) is 3.94. The van der Waals surface area contributed by atoms with Crippen LogP contribution in [0.3, 0.4) is 0 Å². The highest BCUT2D eigenvalue weighted by molar-refractivity contribution is 7.92. The molecule has 0 aromatic heterocycles. The molecule has 0 radical (unpaired) electrons. The number of phenolic OH excluding ortho intramolecular Hbond substituents is 1. The zero-order valence-corrected chi connectivity index (χ0v) is 18.1. The van der Waals surface area contributed by atoms with Crippen LogP contribution in [-0.2, 0) is 10.0 Å². The van der Waals surface area contributed by atoms with Crippen molar-refractivity contribution in [1.82, 2.24) is 10.9 Å². The van der Waals surface area contributed by atoms with Gasteiger partial charge in [-0.2, -0.15) is 0 Å². The van der Waals surface area contributed by atoms with Crippen molar-refractivity contribution in [2.75, 3.05) is 4.72 Å². The minimum absolute atomic E-state index is 0.0115. The number of hydrogen-bond donors (Lipinski definition) is 4. The highest BCUT2D eigenvalue weighted by Gasteiger charge is 2.19. The summed E-state index contributed by atoms with van der Waals surface area (Å²) < 4.78 is 40.6. The second kappa shape index (κ2) is 9.25. The van der Waals surface area contributed by atoms with Gasteiger partial charge < -0.3 is 5.11 Å². The molecule has 11 heteroatoms. The molecule has 166 valence electrons. The summed E-state index contributed by atoms with van der Waals surface area (Å²) in [5, 5.41) is 9.98. The maximum Gasteiger partial charge on any atom is 0.273 e. The number of rotatable bonds is 5. The van der Waals surface area contributed by atoms with Gasteiger partial charge in [0.2, 0.25) is 0 Å². The number of carbonyl (C=O) groups excluding carboxylic acids is 2. The number of carbonyl (C=O) groups is 2. The van der Waals surface area contributed by atoms with E-state index in [9.17, 15) is 27.5 Å². The molecular formula is C21H17ClFN3O5S. The number of aryl methyl sites for hydroxylation is 1. The molecule has 0 aliphatic heterocycles. The lowest BCUT2D eigenvalue weighted by Gasteiger charge is -2.13. The minimum atomic E-state index is -4.07. The van der Waals surface area contributed by atoms with Gasteiger partial charge in [0.25, 0.3) is 21.8 Å². The van der Waals surface area contributed by atoms with Gasteiger partial charge in [-0.05, 0) is 67.1 Å². The van der Waals surface area contributed by atoms with Crippen molar-refractivity contribution in [3.63, 3.8) is 0 Å². The molecule has 3 aromatic rings. The van der Waals surface area contributed by atoms with Crippen LogP contribution in [0.4, 0.5) is 10.1 Å². The number of amides is 2. The Morgan fingerprint density at radius 3 is 2.19 bits per heavy atom. The van der Waals surface area contributed by atoms with Gasteiger partial charge in [-0.1, -0.05) is 17.7 Å². The summed E-state index contributed by atoms with van der Waals surface area (Å²) in [6.07, 6.45) is 0. The average molecular weight is 478 g/mol. The summed E-state index contributed by atoms with van der Waals surface area (Å²) in [5.41, 5.74) is 4.73. The van der Waals surface area contributed by atoms with E-state index in [1.165, 1.54) is 42.5 Å². The SMILES string of the molecule is Cc1ccc(S(=O)(=O)Nc2ccc(F)cc2)cc1C(=O)NNC(=O)c1cc(Cl)ccc1O. The quantitative estimate of drug-likeness (QED) is 0.419. The van der Waals surface area contributed by atoms with E-state index in [2.05, 4.69) is 15.6 Å². The first-order chi connectivity index (χ1) is 15.1. The predicted octanol–water partition coefficient (Wildman–Crippen LogP) is 3.37. The molecule has 0 fully saturated rings. The molecule has 0 saturated heterocycles. The topological polar surface area (TPSA) is 125 Å². The highest BCUT2D eigenvalue weighted by Crippen LogP contribution is 2.22. The maximum absolute atomic E-state index is 13.0. The van der Waals surface area contributed by atoms with E-state index < -0.39 is 27.7 Å². The molecule has 3 rings (SSSR count). The van der Waals surface area contributed by atoms with Crippen molar-refractivity contribution in [3.8, 4) is 5.75 Å². The van der Waals surface area contributed by atoms with Crippen LogP contribution in [0.15, 0.2) is 65.6 Å². The van der Waals surface area contributed by atoms with Crippen LogP contribution in [0.25, 0.3) is 0 Å². The molecular weight excluding hydrogens is 461 g/mol. The number of anilines is 1. The standard InChI is InChI=1S/C21H17ClFN3O5S/c1-12-2-8-16(32(30,31)26-15-6-4-14(23)5-7-15)11-17(12)20(28)24-25-21(29)18-10-13(22)3-9-19(18)27/h2-11,26-27H,1H3,(H,24,28)(H,25,29). The van der Waals surface area contributed by atoms with Crippen molar-refractivity contribution in [1.29, 1.82) is 0 Å². The molecule has 2 amide bonds. The van der Waals surface area contributed by atoms with Crippen LogP contribution in [0, 0.1) is 12.7 Å². The molecule has 0 spiro atoms. The Hall–Kier alpha value is -3.63. The molecule has 32 heavy (non-hydrogen) atoms. The Balaban J connectivity index is 1.77. The van der Waals surface area contributed by atoms with E-state index in [1.54, 1.807) is 6.92 Å². The number of aromatic hydroxyl groups is 1. The number of sulfonamides is 1. The van der Waals surface area contributed by atoms with Crippen LogP contribution in [0.1, 0.15) is 26.3 Å². The van der Waals surface area contributed by atoms with Gasteiger partial charge in [0.1, 0.15) is 11.6 Å². The molecule has 0 heterocycles. The number of nitrogens with one attached hydrogen (secondary N) is 3. The molecule has 0 aliphatic rings. The minimum Gasteiger partial charge on any atom is -0.507 e. The van der Waals surface area contributed by atoms with Gasteiger partial charge in [0.15, 0.2) is 0 Å². The number of phenols is 1. The van der Waals surface area contributed by atoms with Crippen molar-refractivity contribution in [3.05, 3.63) is 88.2 Å². The molecule has 8 nitrogen and oxygen atoms in total. The molecule has 0 bridgehead atoms. The smallest absolute Gasteiger partial charge is 0.273 e. The Kier molecular flexibility index (Phi) is 6.66. The van der Waals surface area contributed by atoms with Crippen LogP contribution in [0.2, 0.25) is 5.02 Å². The average Bonchev–Trinajstić information content (AvgIpc) is 2.75. The van der Waals surface area contributed by atoms with E-state index in [0.717, 1.165) is 18.2 Å². The zero-order valence-electron chi connectivity index (χ0n) is 16.5. The van der Waals surface area contributed by atoms with Gasteiger partial charge in [-0.15, -0.1) is 0 Å². The monoisotopic (exact) mass is 477 g/mol. The lowest BCUT2D eigenvalue weighted by Crippen LogP contribution is -2.42. The van der Waals surface area contributed by atoms with E-state index in [0.29, 0.717) is 5.56 Å². The summed E-state index contributed by atoms with van der Waals surface area (Å²) >= 11 is 5.81. The van der Waals surface area contributed by atoms with Crippen LogP contribution in [0.5, 0.6) is 5.75 Å². The summed E-state index contributed by atoms with van der Waals surface area (Å²) in [7, 11) is -4.07. The van der Waals surface area contributed by atoms with Crippen molar-refractivity contribution >= 4 is 39.1 Å². The molecule has 0 saturated carbocycles. The zero-order chi connectivity index (χ0) is 23.5. The van der Waals surface area contributed by atoms with Gasteiger partial charge in [0.05, 0.1) is 10.5 Å². The first-order valence-electron chi connectivity index (χ1n) is 9.05. The van der Waals surface area contributed by atoms with Crippen molar-refractivity contribution in [2.24, 2.45) is 0 Å². The third-order valence-corrected chi connectivity index (χ3v) is 5.97. The third-order valence-electron chi connectivity index (χ3n) is 4.35. The van der Waals surface area contributed by atoms with Crippen LogP contribution >= 0.6 is 11.6 Å². The highest BCUT2D eigenvalue weighted by atomic mass is 35.5. The van der Waals surface area contributed by atoms with Gasteiger partial charge in [-0.3, -0.25) is 25.2 Å². The van der Waals surface area contributed by atoms with Gasteiger partial charge in [0, 0.05) is 16.3 Å². The molecule has 4 N–H and O–H groups in total. The number of hydrogen-bond acceptors (Lipinski definition) is 5. The summed E-state index contributed by atoms with van der Waals surface area (Å²) in [6, 6.07) is 12.4. The molecule has 0 aliphatic carbocycles. The predicted molar refractivity (Wildman–Crippen MR) is 116 cm³/mol. The lowest BCUT2D eigenvalue weighted by molar-refractivity contribution is 0.0844. The second-order valence-electron chi connectivity index (χ2n) is 6.66. The fraction of sp³-hybridized carbons (Fsp3) is 0.0476. The second-order valence-corrected chi connectivity index (χ2v) is 8.78. The lowest BCUT2D eigenvalue weighted by atomic mass is 10.1. The molecule has 0 unspecified atom stereocenters. The summed E-state index contributed by atoms with van der Waals surface area (Å²) in [5.74, 6) is -2.46. The van der Waals surface area contributed by atoms with E-state index in [1.807, 2.05) is 0 Å². The Morgan fingerprint density at radius 1 is 0.906 bits per heavy atom. The number of hydrazine groups is 1. The first-order valence-corrected chi connectivity index (χ1v) is 10.9.